The van der Waals surface area contributed by atoms with Gasteiger partial charge in [0.25, 0.3) is 5.91 Å². The van der Waals surface area contributed by atoms with Crippen molar-refractivity contribution in [2.24, 2.45) is 0 Å². The van der Waals surface area contributed by atoms with Crippen molar-refractivity contribution in [1.82, 2.24) is 10.0 Å². The SMILES string of the molecule is N#Cc1ccc(-c2ccc(S(=O)(=O)NCc3cccc(C(=O)NCc4ccc(C(=O)O)cc4)c3)cc2)cc1. The Morgan fingerprint density at radius 3 is 2.00 bits per heavy atom. The molecule has 4 rings (SSSR count). The number of hydrogen-bond acceptors (Lipinski definition) is 5. The summed E-state index contributed by atoms with van der Waals surface area (Å²) in [6.45, 7) is 0.214. The van der Waals surface area contributed by atoms with Gasteiger partial charge >= 0.3 is 5.97 Å². The van der Waals surface area contributed by atoms with Crippen molar-refractivity contribution in [2.45, 2.75) is 18.0 Å². The Morgan fingerprint density at radius 2 is 1.39 bits per heavy atom. The van der Waals surface area contributed by atoms with Crippen LogP contribution in [0.2, 0.25) is 0 Å². The zero-order valence-electron chi connectivity index (χ0n) is 20.1. The Hall–Kier alpha value is -4.78. The van der Waals surface area contributed by atoms with Crippen LogP contribution in [0.1, 0.15) is 37.4 Å². The third-order valence-corrected chi connectivity index (χ3v) is 7.24. The predicted octanol–water partition coefficient (Wildman–Crippen LogP) is 4.33. The molecule has 0 heterocycles. The van der Waals surface area contributed by atoms with E-state index in [4.69, 9.17) is 10.4 Å². The topological polar surface area (TPSA) is 136 Å². The Labute approximate surface area is 220 Å². The molecule has 8 nitrogen and oxygen atoms in total. The summed E-state index contributed by atoms with van der Waals surface area (Å²) < 4.78 is 28.2. The van der Waals surface area contributed by atoms with Gasteiger partial charge in [-0.1, -0.05) is 48.5 Å². The van der Waals surface area contributed by atoms with Gasteiger partial charge in [0.1, 0.15) is 0 Å². The van der Waals surface area contributed by atoms with Gasteiger partial charge in [-0.25, -0.2) is 17.9 Å². The van der Waals surface area contributed by atoms with E-state index in [0.717, 1.165) is 16.7 Å². The van der Waals surface area contributed by atoms with Crippen LogP contribution in [0.3, 0.4) is 0 Å². The van der Waals surface area contributed by atoms with Crippen molar-refractivity contribution in [3.05, 3.63) is 125 Å². The van der Waals surface area contributed by atoms with E-state index >= 15 is 0 Å². The first-order valence-corrected chi connectivity index (χ1v) is 13.0. The fourth-order valence-electron chi connectivity index (χ4n) is 3.70. The Bertz CT molecular complexity index is 1610. The van der Waals surface area contributed by atoms with E-state index in [0.29, 0.717) is 16.7 Å². The quantitative estimate of drug-likeness (QED) is 0.298. The molecule has 3 N–H and O–H groups in total. The number of carboxylic acid groups (broad SMARTS) is 1. The molecular formula is C29H23N3O5S. The highest BCUT2D eigenvalue weighted by molar-refractivity contribution is 7.89. The van der Waals surface area contributed by atoms with Crippen molar-refractivity contribution in [3.63, 3.8) is 0 Å². The third-order valence-electron chi connectivity index (χ3n) is 5.82. The molecule has 0 aliphatic heterocycles. The Kier molecular flexibility index (Phi) is 7.97. The maximum atomic E-state index is 12.8. The van der Waals surface area contributed by atoms with E-state index in [1.54, 1.807) is 72.8 Å². The standard InChI is InChI=1S/C29H23N3O5S/c30-17-20-4-8-23(9-5-20)24-12-14-27(15-13-24)38(36,37)32-19-22-2-1-3-26(16-22)28(33)31-18-21-6-10-25(11-7-21)29(34)35/h1-16,32H,18-19H2,(H,31,33)(H,34,35). The first kappa shape index (κ1) is 26.3. The molecule has 4 aromatic rings. The molecule has 0 saturated heterocycles. The number of sulfonamides is 1. The summed E-state index contributed by atoms with van der Waals surface area (Å²) in [5.74, 6) is -1.36. The summed E-state index contributed by atoms with van der Waals surface area (Å²) in [4.78, 5) is 23.7. The second kappa shape index (κ2) is 11.5. The van der Waals surface area contributed by atoms with E-state index < -0.39 is 16.0 Å². The van der Waals surface area contributed by atoms with Crippen LogP contribution in [0.4, 0.5) is 0 Å². The molecule has 0 fully saturated rings. The lowest BCUT2D eigenvalue weighted by atomic mass is 10.0. The van der Waals surface area contributed by atoms with Crippen LogP contribution < -0.4 is 10.0 Å². The summed E-state index contributed by atoms with van der Waals surface area (Å²) in [5.41, 5.74) is 4.14. The zero-order valence-corrected chi connectivity index (χ0v) is 20.9. The van der Waals surface area contributed by atoms with E-state index in [1.807, 2.05) is 0 Å². The van der Waals surface area contributed by atoms with Gasteiger partial charge in [0, 0.05) is 18.7 Å². The lowest BCUT2D eigenvalue weighted by Gasteiger charge is -2.10. The number of nitrogens with zero attached hydrogens (tertiary/aromatic N) is 1. The Morgan fingerprint density at radius 1 is 0.763 bits per heavy atom. The lowest BCUT2D eigenvalue weighted by Crippen LogP contribution is -2.24. The number of rotatable bonds is 9. The normalized spacial score (nSPS) is 10.9. The first-order chi connectivity index (χ1) is 18.2. The van der Waals surface area contributed by atoms with Crippen molar-refractivity contribution in [1.29, 1.82) is 5.26 Å². The minimum atomic E-state index is -3.79. The smallest absolute Gasteiger partial charge is 0.335 e. The molecule has 4 aromatic carbocycles. The molecule has 0 unspecified atom stereocenters. The number of hydrogen-bond donors (Lipinski definition) is 3. The molecule has 0 bridgehead atoms. The van der Waals surface area contributed by atoms with Gasteiger partial charge in [-0.3, -0.25) is 4.79 Å². The number of aromatic carboxylic acids is 1. The van der Waals surface area contributed by atoms with Gasteiger partial charge in [-0.05, 0) is 70.8 Å². The minimum Gasteiger partial charge on any atom is -0.478 e. The third kappa shape index (κ3) is 6.50. The zero-order chi connectivity index (χ0) is 27.1. The highest BCUT2D eigenvalue weighted by atomic mass is 32.2. The molecule has 0 aromatic heterocycles. The van der Waals surface area contributed by atoms with E-state index in [1.165, 1.54) is 24.3 Å². The van der Waals surface area contributed by atoms with Gasteiger partial charge in [0.2, 0.25) is 10.0 Å². The molecule has 1 amide bonds. The number of carbonyl (C=O) groups is 2. The summed E-state index contributed by atoms with van der Waals surface area (Å²) in [6, 6.07) is 28.4. The molecule has 0 saturated carbocycles. The second-order valence-corrected chi connectivity index (χ2v) is 10.2. The monoisotopic (exact) mass is 525 g/mol. The van der Waals surface area contributed by atoms with Gasteiger partial charge < -0.3 is 10.4 Å². The van der Waals surface area contributed by atoms with Gasteiger partial charge in [0.15, 0.2) is 0 Å². The summed E-state index contributed by atoms with van der Waals surface area (Å²) in [7, 11) is -3.79. The van der Waals surface area contributed by atoms with Crippen molar-refractivity contribution < 1.29 is 23.1 Å². The van der Waals surface area contributed by atoms with Crippen LogP contribution in [0.15, 0.2) is 102 Å². The van der Waals surface area contributed by atoms with Crippen molar-refractivity contribution >= 4 is 21.9 Å². The van der Waals surface area contributed by atoms with Gasteiger partial charge in [0.05, 0.1) is 22.1 Å². The largest absolute Gasteiger partial charge is 0.478 e. The van der Waals surface area contributed by atoms with Crippen LogP contribution in [-0.2, 0) is 23.1 Å². The number of carbonyl (C=O) groups excluding carboxylic acids is 1. The summed E-state index contributed by atoms with van der Waals surface area (Å²) in [5, 5.41) is 20.7. The van der Waals surface area contributed by atoms with Crippen molar-refractivity contribution in [3.8, 4) is 17.2 Å². The number of nitrogens with one attached hydrogen (secondary N) is 2. The van der Waals surface area contributed by atoms with Crippen LogP contribution in [0.5, 0.6) is 0 Å². The van der Waals surface area contributed by atoms with Crippen LogP contribution in [0, 0.1) is 11.3 Å². The number of benzene rings is 4. The molecule has 0 radical (unpaired) electrons. The molecule has 9 heteroatoms. The fraction of sp³-hybridized carbons (Fsp3) is 0.0690. The highest BCUT2D eigenvalue weighted by Gasteiger charge is 2.15. The van der Waals surface area contributed by atoms with Crippen molar-refractivity contribution in [2.75, 3.05) is 0 Å². The summed E-state index contributed by atoms with van der Waals surface area (Å²) in [6.07, 6.45) is 0. The number of nitriles is 1. The van der Waals surface area contributed by atoms with Crippen LogP contribution in [-0.4, -0.2) is 25.4 Å². The van der Waals surface area contributed by atoms with E-state index in [-0.39, 0.29) is 29.5 Å². The van der Waals surface area contributed by atoms with E-state index in [2.05, 4.69) is 16.1 Å². The van der Waals surface area contributed by atoms with Crippen LogP contribution in [0.25, 0.3) is 11.1 Å². The molecule has 190 valence electrons. The number of amides is 1. The maximum absolute atomic E-state index is 12.8. The molecule has 0 aliphatic rings. The van der Waals surface area contributed by atoms with Crippen LogP contribution >= 0.6 is 0 Å². The maximum Gasteiger partial charge on any atom is 0.335 e. The number of carboxylic acids is 1. The molecule has 38 heavy (non-hydrogen) atoms. The molecule has 0 spiro atoms. The predicted molar refractivity (Wildman–Crippen MR) is 142 cm³/mol. The Balaban J connectivity index is 1.36. The lowest BCUT2D eigenvalue weighted by molar-refractivity contribution is 0.0696. The molecule has 0 atom stereocenters. The average Bonchev–Trinajstić information content (AvgIpc) is 2.95. The molecular weight excluding hydrogens is 502 g/mol. The molecule has 0 aliphatic carbocycles. The average molecular weight is 526 g/mol. The highest BCUT2D eigenvalue weighted by Crippen LogP contribution is 2.22. The summed E-state index contributed by atoms with van der Waals surface area (Å²) >= 11 is 0. The van der Waals surface area contributed by atoms with Gasteiger partial charge in [-0.15, -0.1) is 0 Å². The fourth-order valence-corrected chi connectivity index (χ4v) is 4.72. The van der Waals surface area contributed by atoms with Gasteiger partial charge in [-0.2, -0.15) is 5.26 Å². The second-order valence-electron chi connectivity index (χ2n) is 8.42. The minimum absolute atomic E-state index is 0.00250. The van der Waals surface area contributed by atoms with E-state index in [9.17, 15) is 18.0 Å². The first-order valence-electron chi connectivity index (χ1n) is 11.5.